The van der Waals surface area contributed by atoms with E-state index in [9.17, 15) is 9.59 Å². The van der Waals surface area contributed by atoms with Crippen LogP contribution in [0.5, 0.6) is 0 Å². The number of nitrogens with zero attached hydrogens (tertiary/aromatic N) is 1. The molecule has 0 radical (unpaired) electrons. The fourth-order valence-corrected chi connectivity index (χ4v) is 3.97. The largest absolute Gasteiger partial charge is 0.368 e. The van der Waals surface area contributed by atoms with E-state index in [0.717, 1.165) is 42.4 Å². The Morgan fingerprint density at radius 2 is 1.85 bits per heavy atom. The fourth-order valence-electron chi connectivity index (χ4n) is 3.97. The molecule has 1 heterocycles. The highest BCUT2D eigenvalue weighted by Crippen LogP contribution is 2.22. The molecule has 2 unspecified atom stereocenters. The zero-order chi connectivity index (χ0) is 28.9. The highest BCUT2D eigenvalue weighted by atomic mass is 16.5. The van der Waals surface area contributed by atoms with Crippen LogP contribution in [0.1, 0.15) is 80.4 Å². The number of rotatable bonds is 15. The maximum atomic E-state index is 13.2. The number of aryl methyl sites for hydroxylation is 1. The van der Waals surface area contributed by atoms with Crippen LogP contribution in [0.3, 0.4) is 0 Å². The number of benzene rings is 1. The summed E-state index contributed by atoms with van der Waals surface area (Å²) in [5, 5.41) is 14.8. The second kappa shape index (κ2) is 15.6. The Kier molecular flexibility index (Phi) is 12.6. The summed E-state index contributed by atoms with van der Waals surface area (Å²) in [6, 6.07) is 5.97. The lowest BCUT2D eigenvalue weighted by atomic mass is 9.98. The Hall–Kier alpha value is -3.78. The van der Waals surface area contributed by atoms with Gasteiger partial charge in [0.15, 0.2) is 6.04 Å². The van der Waals surface area contributed by atoms with Crippen molar-refractivity contribution < 1.29 is 14.3 Å². The van der Waals surface area contributed by atoms with Crippen molar-refractivity contribution in [2.24, 2.45) is 5.73 Å². The van der Waals surface area contributed by atoms with Gasteiger partial charge in [0.25, 0.3) is 5.91 Å². The lowest BCUT2D eigenvalue weighted by Crippen LogP contribution is -2.50. The van der Waals surface area contributed by atoms with Crippen molar-refractivity contribution in [3.8, 4) is 0 Å². The van der Waals surface area contributed by atoms with Crippen molar-refractivity contribution in [1.29, 1.82) is 5.41 Å². The van der Waals surface area contributed by atoms with Crippen molar-refractivity contribution in [1.82, 2.24) is 10.3 Å². The van der Waals surface area contributed by atoms with Gasteiger partial charge in [-0.05, 0) is 70.2 Å². The number of ether oxygens (including phenoxy) is 1. The van der Waals surface area contributed by atoms with Gasteiger partial charge in [-0.25, -0.2) is 0 Å². The van der Waals surface area contributed by atoms with Crippen LogP contribution in [0.4, 0.5) is 5.69 Å². The smallest absolute Gasteiger partial charge is 0.253 e. The van der Waals surface area contributed by atoms with Gasteiger partial charge in [-0.2, -0.15) is 0 Å². The number of nitrogens with two attached hydrogens (primary N) is 1. The molecule has 0 bridgehead atoms. The predicted octanol–water partition coefficient (Wildman–Crippen LogP) is 5.46. The minimum absolute atomic E-state index is 0.103. The molecule has 2 atom stereocenters. The monoisotopic (exact) mass is 533 g/mol. The highest BCUT2D eigenvalue weighted by Gasteiger charge is 2.27. The first-order valence-electron chi connectivity index (χ1n) is 13.4. The summed E-state index contributed by atoms with van der Waals surface area (Å²) in [4.78, 5) is 29.8. The summed E-state index contributed by atoms with van der Waals surface area (Å²) >= 11 is 0. The van der Waals surface area contributed by atoms with E-state index in [-0.39, 0.29) is 11.9 Å². The van der Waals surface area contributed by atoms with E-state index in [1.807, 2.05) is 26.0 Å². The molecule has 2 aromatic rings. The first kappa shape index (κ1) is 31.4. The third-order valence-electron chi connectivity index (χ3n) is 6.48. The molecule has 0 aliphatic rings. The number of methoxy groups -OCH3 is 1. The van der Waals surface area contributed by atoms with E-state index in [2.05, 4.69) is 48.5 Å². The normalized spacial score (nSPS) is 13.5. The molecular weight excluding hydrogens is 490 g/mol. The van der Waals surface area contributed by atoms with Gasteiger partial charge in [-0.3, -0.25) is 14.6 Å². The molecule has 8 heteroatoms. The van der Waals surface area contributed by atoms with E-state index in [1.165, 1.54) is 11.8 Å². The van der Waals surface area contributed by atoms with Crippen LogP contribution in [0.15, 0.2) is 60.0 Å². The lowest BCUT2D eigenvalue weighted by Gasteiger charge is -2.23. The molecule has 0 fully saturated rings. The standard InChI is InChI=1S/C31H43N5O3/c1-7-9-10-27(39-6)35-26-14-13-22(5)16-25(26)28(32)29(30(33)37)36-31(38)24-17-23(18-34-19-24)15-21(4)12-11-20(3)8-2/h11-14,16-19,27,29,32,35H,7-10,15H2,1-6H3,(H2,33,37)(H,36,38)/b20-11+,21-12+,32-28?. The summed E-state index contributed by atoms with van der Waals surface area (Å²) < 4.78 is 5.57. The molecule has 0 saturated heterocycles. The van der Waals surface area contributed by atoms with E-state index < -0.39 is 17.9 Å². The van der Waals surface area contributed by atoms with Crippen molar-refractivity contribution in [3.05, 3.63) is 82.2 Å². The van der Waals surface area contributed by atoms with Gasteiger partial charge >= 0.3 is 0 Å². The van der Waals surface area contributed by atoms with Crippen LogP contribution in [-0.4, -0.2) is 41.9 Å². The minimum atomic E-state index is -1.33. The van der Waals surface area contributed by atoms with E-state index in [4.69, 9.17) is 15.9 Å². The molecule has 0 spiro atoms. The number of hydrogen-bond acceptors (Lipinski definition) is 6. The van der Waals surface area contributed by atoms with E-state index in [0.29, 0.717) is 23.2 Å². The number of unbranched alkanes of at least 4 members (excludes halogenated alkanes) is 1. The third-order valence-corrected chi connectivity index (χ3v) is 6.48. The molecular formula is C31H43N5O3. The molecule has 1 aromatic carbocycles. The van der Waals surface area contributed by atoms with E-state index >= 15 is 0 Å². The Balaban J connectivity index is 2.27. The molecule has 2 rings (SSSR count). The zero-order valence-corrected chi connectivity index (χ0v) is 24.1. The quantitative estimate of drug-likeness (QED) is 0.137. The van der Waals surface area contributed by atoms with Gasteiger partial charge in [0.2, 0.25) is 5.91 Å². The van der Waals surface area contributed by atoms with Crippen LogP contribution in [0.2, 0.25) is 0 Å². The second-order valence-corrected chi connectivity index (χ2v) is 9.92. The van der Waals surface area contributed by atoms with Crippen LogP contribution in [0.25, 0.3) is 0 Å². The van der Waals surface area contributed by atoms with Gasteiger partial charge in [0, 0.05) is 30.8 Å². The number of allylic oxidation sites excluding steroid dienone is 4. The van der Waals surface area contributed by atoms with Gasteiger partial charge < -0.3 is 26.5 Å². The predicted molar refractivity (Wildman–Crippen MR) is 158 cm³/mol. The summed E-state index contributed by atoms with van der Waals surface area (Å²) in [6.45, 7) is 10.2. The molecule has 0 saturated carbocycles. The topological polar surface area (TPSA) is 130 Å². The number of carbonyl (C=O) groups excluding carboxylic acids is 2. The SMILES string of the molecule is CCCCC(Nc1ccc(C)cc1C(=N)C(NC(=O)c1cncc(C/C(C)=C/C=C(\C)CC)c1)C(N)=O)OC. The zero-order valence-electron chi connectivity index (χ0n) is 24.1. The molecule has 5 N–H and O–H groups in total. The molecule has 210 valence electrons. The van der Waals surface area contributed by atoms with Crippen LogP contribution in [0, 0.1) is 12.3 Å². The highest BCUT2D eigenvalue weighted by molar-refractivity contribution is 6.19. The van der Waals surface area contributed by atoms with Crippen LogP contribution >= 0.6 is 0 Å². The van der Waals surface area contributed by atoms with Crippen molar-refractivity contribution >= 4 is 23.2 Å². The number of carbonyl (C=O) groups is 2. The molecule has 2 amide bonds. The van der Waals surface area contributed by atoms with Crippen LogP contribution < -0.4 is 16.4 Å². The maximum Gasteiger partial charge on any atom is 0.253 e. The summed E-state index contributed by atoms with van der Waals surface area (Å²) in [7, 11) is 1.63. The number of amides is 2. The Labute approximate surface area is 232 Å². The summed E-state index contributed by atoms with van der Waals surface area (Å²) in [5.41, 5.74) is 11.2. The van der Waals surface area contributed by atoms with Crippen LogP contribution in [-0.2, 0) is 16.0 Å². The molecule has 0 aliphatic carbocycles. The number of nitrogens with one attached hydrogen (secondary N) is 3. The number of pyridine rings is 1. The second-order valence-electron chi connectivity index (χ2n) is 9.92. The fraction of sp³-hybridized carbons (Fsp3) is 0.419. The average molecular weight is 534 g/mol. The Morgan fingerprint density at radius 3 is 2.49 bits per heavy atom. The number of hydrogen-bond donors (Lipinski definition) is 4. The third kappa shape index (κ3) is 9.80. The number of aromatic nitrogens is 1. The number of anilines is 1. The van der Waals surface area contributed by atoms with Crippen molar-refractivity contribution in [2.45, 2.75) is 79.0 Å². The minimum Gasteiger partial charge on any atom is -0.368 e. The van der Waals surface area contributed by atoms with Gasteiger partial charge in [0.05, 0.1) is 11.3 Å². The summed E-state index contributed by atoms with van der Waals surface area (Å²) in [6.07, 6.45) is 11.5. The molecule has 39 heavy (non-hydrogen) atoms. The van der Waals surface area contributed by atoms with Gasteiger partial charge in [0.1, 0.15) is 6.23 Å². The molecule has 1 aromatic heterocycles. The first-order valence-corrected chi connectivity index (χ1v) is 13.4. The maximum absolute atomic E-state index is 13.2. The van der Waals surface area contributed by atoms with Gasteiger partial charge in [-0.15, -0.1) is 0 Å². The Bertz CT molecular complexity index is 1220. The molecule has 0 aliphatic heterocycles. The first-order chi connectivity index (χ1) is 18.6. The lowest BCUT2D eigenvalue weighted by molar-refractivity contribution is -0.118. The van der Waals surface area contributed by atoms with Crippen molar-refractivity contribution in [2.75, 3.05) is 12.4 Å². The number of primary amides is 1. The average Bonchev–Trinajstić information content (AvgIpc) is 2.92. The van der Waals surface area contributed by atoms with Crippen molar-refractivity contribution in [3.63, 3.8) is 0 Å². The Morgan fingerprint density at radius 1 is 1.13 bits per heavy atom. The molecule has 8 nitrogen and oxygen atoms in total. The van der Waals surface area contributed by atoms with Gasteiger partial charge in [-0.1, -0.05) is 55.2 Å². The summed E-state index contributed by atoms with van der Waals surface area (Å²) in [5.74, 6) is -1.35. The van der Waals surface area contributed by atoms with E-state index in [1.54, 1.807) is 25.4 Å².